The van der Waals surface area contributed by atoms with Gasteiger partial charge in [-0.25, -0.2) is 0 Å². The number of anilines is 1. The fraction of sp³-hybridized carbons (Fsp3) is 0.333. The first-order valence-corrected chi connectivity index (χ1v) is 9.74. The summed E-state index contributed by atoms with van der Waals surface area (Å²) in [5.74, 6) is -0.550. The Balaban J connectivity index is 1.52. The quantitative estimate of drug-likeness (QED) is 0.675. The predicted molar refractivity (Wildman–Crippen MR) is 108 cm³/mol. The Bertz CT molecular complexity index is 928. The van der Waals surface area contributed by atoms with Crippen molar-refractivity contribution in [2.24, 2.45) is 0 Å². The van der Waals surface area contributed by atoms with Crippen LogP contribution in [0.5, 0.6) is 0 Å². The van der Waals surface area contributed by atoms with Crippen LogP contribution in [-0.2, 0) is 17.5 Å². The lowest BCUT2D eigenvalue weighted by molar-refractivity contribution is -0.137. The van der Waals surface area contributed by atoms with Crippen LogP contribution < -0.4 is 10.6 Å². The molecule has 2 aromatic carbocycles. The molecule has 2 N–H and O–H groups in total. The van der Waals surface area contributed by atoms with Gasteiger partial charge < -0.3 is 10.6 Å². The number of nitrogens with one attached hydrogen (secondary N) is 2. The van der Waals surface area contributed by atoms with E-state index >= 15 is 0 Å². The molecule has 0 aliphatic heterocycles. The van der Waals surface area contributed by atoms with E-state index in [1.165, 1.54) is 6.07 Å². The first-order valence-electron chi connectivity index (χ1n) is 9.37. The van der Waals surface area contributed by atoms with Gasteiger partial charge in [-0.1, -0.05) is 23.7 Å². The lowest BCUT2D eigenvalue weighted by Crippen LogP contribution is -2.30. The molecule has 2 amide bonds. The summed E-state index contributed by atoms with van der Waals surface area (Å²) >= 11 is 5.58. The molecule has 0 saturated heterocycles. The maximum absolute atomic E-state index is 12.9. The molecule has 1 saturated carbocycles. The largest absolute Gasteiger partial charge is 0.417 e. The normalized spacial score (nSPS) is 13.9. The summed E-state index contributed by atoms with van der Waals surface area (Å²) in [5, 5.41) is 4.95. The zero-order valence-corrected chi connectivity index (χ0v) is 17.0. The molecule has 2 aromatic rings. The number of nitrogens with zero attached hydrogens (tertiary/aromatic N) is 1. The van der Waals surface area contributed by atoms with Crippen molar-refractivity contribution in [1.82, 2.24) is 10.2 Å². The first kappa shape index (κ1) is 22.1. The maximum atomic E-state index is 12.9. The van der Waals surface area contributed by atoms with E-state index in [9.17, 15) is 22.8 Å². The summed E-state index contributed by atoms with van der Waals surface area (Å²) in [6.45, 7) is 0.417. The van der Waals surface area contributed by atoms with Crippen LogP contribution in [0.1, 0.15) is 34.3 Å². The van der Waals surface area contributed by atoms with Crippen LogP contribution in [0.3, 0.4) is 0 Å². The highest BCUT2D eigenvalue weighted by atomic mass is 35.5. The highest BCUT2D eigenvalue weighted by molar-refractivity contribution is 6.31. The van der Waals surface area contributed by atoms with Crippen LogP contribution in [0.2, 0.25) is 5.02 Å². The van der Waals surface area contributed by atoms with Crippen molar-refractivity contribution in [2.75, 3.05) is 18.9 Å². The second-order valence-corrected chi connectivity index (χ2v) is 7.76. The second-order valence-electron chi connectivity index (χ2n) is 7.36. The summed E-state index contributed by atoms with van der Waals surface area (Å²) in [7, 11) is 1.72. The van der Waals surface area contributed by atoms with Gasteiger partial charge in [0.25, 0.3) is 5.91 Å². The van der Waals surface area contributed by atoms with E-state index in [1.807, 2.05) is 12.1 Å². The first-order chi connectivity index (χ1) is 14.1. The second kappa shape index (κ2) is 9.06. The van der Waals surface area contributed by atoms with Crippen molar-refractivity contribution < 1.29 is 22.8 Å². The Kier molecular flexibility index (Phi) is 6.67. The van der Waals surface area contributed by atoms with Crippen LogP contribution >= 0.6 is 11.6 Å². The van der Waals surface area contributed by atoms with Crippen LogP contribution in [-0.4, -0.2) is 36.3 Å². The van der Waals surface area contributed by atoms with Crippen LogP contribution in [0.15, 0.2) is 42.5 Å². The van der Waals surface area contributed by atoms with Gasteiger partial charge in [0.15, 0.2) is 0 Å². The van der Waals surface area contributed by atoms with E-state index in [0.29, 0.717) is 12.1 Å². The molecule has 0 aromatic heterocycles. The van der Waals surface area contributed by atoms with Crippen molar-refractivity contribution >= 4 is 29.1 Å². The molecule has 3 rings (SSSR count). The van der Waals surface area contributed by atoms with E-state index in [1.54, 1.807) is 24.1 Å². The standard InChI is InChI=1S/C21H21ClF3N3O2/c1-28(11-13-2-4-14(5-3-13)20(30)27-15-6-7-15)12-19(29)26-16-8-9-18(22)17(10-16)21(23,24)25/h2-5,8-10,15H,6-7,11-12H2,1H3,(H,26,29)(H,27,30). The Labute approximate surface area is 177 Å². The minimum atomic E-state index is -4.60. The fourth-order valence-electron chi connectivity index (χ4n) is 2.89. The topological polar surface area (TPSA) is 61.4 Å². The molecule has 0 bridgehead atoms. The summed E-state index contributed by atoms with van der Waals surface area (Å²) in [5.41, 5.74) is 0.505. The van der Waals surface area contributed by atoms with Gasteiger partial charge in [-0.3, -0.25) is 14.5 Å². The van der Waals surface area contributed by atoms with Crippen molar-refractivity contribution in [1.29, 1.82) is 0 Å². The number of hydrogen-bond acceptors (Lipinski definition) is 3. The van der Waals surface area contributed by atoms with E-state index in [4.69, 9.17) is 11.6 Å². The van der Waals surface area contributed by atoms with Crippen molar-refractivity contribution in [3.63, 3.8) is 0 Å². The van der Waals surface area contributed by atoms with Crippen LogP contribution in [0, 0.1) is 0 Å². The van der Waals surface area contributed by atoms with Crippen LogP contribution in [0.25, 0.3) is 0 Å². The number of hydrogen-bond donors (Lipinski definition) is 2. The summed E-state index contributed by atoms with van der Waals surface area (Å²) in [4.78, 5) is 25.9. The molecule has 0 unspecified atom stereocenters. The lowest BCUT2D eigenvalue weighted by atomic mass is 10.1. The van der Waals surface area contributed by atoms with Gasteiger partial charge in [0, 0.05) is 23.8 Å². The zero-order valence-electron chi connectivity index (χ0n) is 16.2. The van der Waals surface area contributed by atoms with E-state index in [2.05, 4.69) is 10.6 Å². The molecule has 30 heavy (non-hydrogen) atoms. The Hall–Kier alpha value is -2.58. The smallest absolute Gasteiger partial charge is 0.349 e. The monoisotopic (exact) mass is 439 g/mol. The fourth-order valence-corrected chi connectivity index (χ4v) is 3.12. The average molecular weight is 440 g/mol. The highest BCUT2D eigenvalue weighted by Gasteiger charge is 2.33. The average Bonchev–Trinajstić information content (AvgIpc) is 3.46. The predicted octanol–water partition coefficient (Wildman–Crippen LogP) is 4.32. The molecular formula is C21H21ClF3N3O2. The SMILES string of the molecule is CN(CC(=O)Nc1ccc(Cl)c(C(F)(F)F)c1)Cc1ccc(C(=O)NC2CC2)cc1. The number of amides is 2. The van der Waals surface area contributed by atoms with Gasteiger partial charge in [-0.2, -0.15) is 13.2 Å². The third kappa shape index (κ3) is 6.21. The maximum Gasteiger partial charge on any atom is 0.417 e. The van der Waals surface area contributed by atoms with E-state index in [0.717, 1.165) is 30.5 Å². The van der Waals surface area contributed by atoms with Gasteiger partial charge in [0.1, 0.15) is 0 Å². The molecule has 5 nitrogen and oxygen atoms in total. The third-order valence-electron chi connectivity index (χ3n) is 4.55. The molecule has 0 heterocycles. The molecule has 1 aliphatic rings. The zero-order chi connectivity index (χ0) is 21.9. The van der Waals surface area contributed by atoms with Crippen molar-refractivity contribution in [3.8, 4) is 0 Å². The van der Waals surface area contributed by atoms with Crippen molar-refractivity contribution in [3.05, 3.63) is 64.2 Å². The number of benzene rings is 2. The number of halogens is 4. The number of likely N-dealkylation sites (N-methyl/N-ethyl adjacent to an activating group) is 1. The van der Waals surface area contributed by atoms with Crippen LogP contribution in [0.4, 0.5) is 18.9 Å². The van der Waals surface area contributed by atoms with E-state index in [-0.39, 0.29) is 24.2 Å². The van der Waals surface area contributed by atoms with Crippen molar-refractivity contribution in [2.45, 2.75) is 31.6 Å². The molecule has 1 fully saturated rings. The van der Waals surface area contributed by atoms with E-state index < -0.39 is 22.7 Å². The molecule has 1 aliphatic carbocycles. The molecule has 160 valence electrons. The molecule has 0 spiro atoms. The number of rotatable bonds is 7. The molecule has 9 heteroatoms. The van der Waals surface area contributed by atoms with Gasteiger partial charge in [0.05, 0.1) is 17.1 Å². The number of carbonyl (C=O) groups is 2. The minimum Gasteiger partial charge on any atom is -0.349 e. The minimum absolute atomic E-state index is 0.0199. The number of alkyl halides is 3. The highest BCUT2D eigenvalue weighted by Crippen LogP contribution is 2.36. The Morgan fingerprint density at radius 3 is 2.40 bits per heavy atom. The van der Waals surface area contributed by atoms with Gasteiger partial charge in [-0.15, -0.1) is 0 Å². The lowest BCUT2D eigenvalue weighted by Gasteiger charge is -2.17. The van der Waals surface area contributed by atoms with Gasteiger partial charge in [0.2, 0.25) is 5.91 Å². The number of carbonyl (C=O) groups excluding carboxylic acids is 2. The summed E-state index contributed by atoms with van der Waals surface area (Å²) in [6.07, 6.45) is -2.56. The Morgan fingerprint density at radius 1 is 1.13 bits per heavy atom. The summed E-state index contributed by atoms with van der Waals surface area (Å²) in [6, 6.07) is 10.6. The van der Waals surface area contributed by atoms with Gasteiger partial charge >= 0.3 is 6.18 Å². The molecule has 0 atom stereocenters. The molecule has 0 radical (unpaired) electrons. The molecular weight excluding hydrogens is 419 g/mol. The Morgan fingerprint density at radius 2 is 1.80 bits per heavy atom. The van der Waals surface area contributed by atoms with Gasteiger partial charge in [-0.05, 0) is 55.8 Å². The third-order valence-corrected chi connectivity index (χ3v) is 4.88. The summed E-state index contributed by atoms with van der Waals surface area (Å²) < 4.78 is 38.8.